The molecule has 214 valence electrons. The van der Waals surface area contributed by atoms with Crippen LogP contribution < -0.4 is 14.2 Å². The lowest BCUT2D eigenvalue weighted by Gasteiger charge is -2.22. The molecule has 0 atom stereocenters. The number of rotatable bonds is 14. The zero-order chi connectivity index (χ0) is 28.4. The summed E-state index contributed by atoms with van der Waals surface area (Å²) in [6, 6.07) is 24.5. The van der Waals surface area contributed by atoms with E-state index in [0.717, 1.165) is 59.3 Å². The highest BCUT2D eigenvalue weighted by atomic mass is 32.1. The Balaban J connectivity index is 1.29. The molecule has 1 aliphatic rings. The average molecular weight is 572 g/mol. The summed E-state index contributed by atoms with van der Waals surface area (Å²) in [6.45, 7) is 8.52. The van der Waals surface area contributed by atoms with Gasteiger partial charge in [0.05, 0.1) is 6.54 Å². The highest BCUT2D eigenvalue weighted by molar-refractivity contribution is 7.09. The van der Waals surface area contributed by atoms with Crippen LogP contribution in [-0.2, 0) is 26.2 Å². The van der Waals surface area contributed by atoms with Crippen LogP contribution >= 0.6 is 11.3 Å². The largest absolute Gasteiger partial charge is 0.489 e. The standard InChI is InChI=1S/C33H37N3O4S/c1-3-16-36(17-4-2)33(37)29-23-41-32(34-29)21-35(20-27-12-15-30-31(18-27)40-24-39-30)19-25-10-13-28(14-11-25)38-22-26-8-6-5-7-9-26/h5-15,18,23H,3-4,16-17,19-22,24H2,1-2H3. The number of benzene rings is 3. The predicted molar refractivity (Wildman–Crippen MR) is 161 cm³/mol. The molecule has 0 unspecified atom stereocenters. The topological polar surface area (TPSA) is 64.1 Å². The second-order valence-corrected chi connectivity index (χ2v) is 11.1. The lowest BCUT2D eigenvalue weighted by Crippen LogP contribution is -2.32. The fourth-order valence-corrected chi connectivity index (χ4v) is 5.65. The van der Waals surface area contributed by atoms with Crippen molar-refractivity contribution in [2.75, 3.05) is 19.9 Å². The van der Waals surface area contributed by atoms with E-state index in [1.54, 1.807) is 11.3 Å². The number of carbonyl (C=O) groups excluding carboxylic acids is 1. The number of thiazole rings is 1. The summed E-state index contributed by atoms with van der Waals surface area (Å²) in [5.41, 5.74) is 3.97. The lowest BCUT2D eigenvalue weighted by atomic mass is 10.1. The summed E-state index contributed by atoms with van der Waals surface area (Å²) >= 11 is 1.54. The molecule has 1 aliphatic heterocycles. The highest BCUT2D eigenvalue weighted by Crippen LogP contribution is 2.33. The van der Waals surface area contributed by atoms with Gasteiger partial charge in [0.15, 0.2) is 11.5 Å². The molecule has 3 aromatic carbocycles. The maximum atomic E-state index is 13.1. The van der Waals surface area contributed by atoms with Crippen molar-refractivity contribution < 1.29 is 19.0 Å². The molecule has 0 aliphatic carbocycles. The number of hydrogen-bond acceptors (Lipinski definition) is 7. The normalized spacial score (nSPS) is 12.1. The van der Waals surface area contributed by atoms with E-state index in [9.17, 15) is 4.79 Å². The molecular weight excluding hydrogens is 534 g/mol. The highest BCUT2D eigenvalue weighted by Gasteiger charge is 2.20. The number of carbonyl (C=O) groups is 1. The first-order valence-electron chi connectivity index (χ1n) is 14.2. The fourth-order valence-electron chi connectivity index (χ4n) is 4.85. The maximum Gasteiger partial charge on any atom is 0.273 e. The van der Waals surface area contributed by atoms with E-state index < -0.39 is 0 Å². The Bertz CT molecular complexity index is 1400. The summed E-state index contributed by atoms with van der Waals surface area (Å²) in [5, 5.41) is 2.82. The Labute approximate surface area is 246 Å². The SMILES string of the molecule is CCCN(CCC)C(=O)c1csc(CN(Cc2ccc(OCc3ccccc3)cc2)Cc2ccc3c(c2)OCO3)n1. The van der Waals surface area contributed by atoms with Gasteiger partial charge in [-0.25, -0.2) is 4.98 Å². The smallest absolute Gasteiger partial charge is 0.273 e. The van der Waals surface area contributed by atoms with Crippen molar-refractivity contribution in [1.82, 2.24) is 14.8 Å². The molecule has 0 bridgehead atoms. The number of aromatic nitrogens is 1. The first-order chi connectivity index (χ1) is 20.1. The average Bonchev–Trinajstić information content (AvgIpc) is 3.66. The van der Waals surface area contributed by atoms with Gasteiger partial charge in [0.2, 0.25) is 6.79 Å². The van der Waals surface area contributed by atoms with Crippen LogP contribution in [0.5, 0.6) is 17.2 Å². The van der Waals surface area contributed by atoms with Crippen molar-refractivity contribution in [3.8, 4) is 17.2 Å². The molecular formula is C33H37N3O4S. The van der Waals surface area contributed by atoms with Crippen LogP contribution in [0.25, 0.3) is 0 Å². The van der Waals surface area contributed by atoms with Gasteiger partial charge in [0.1, 0.15) is 23.1 Å². The van der Waals surface area contributed by atoms with Gasteiger partial charge in [-0.2, -0.15) is 0 Å². The molecule has 5 rings (SSSR count). The van der Waals surface area contributed by atoms with E-state index in [1.807, 2.05) is 52.7 Å². The Morgan fingerprint density at radius 1 is 0.854 bits per heavy atom. The van der Waals surface area contributed by atoms with E-state index >= 15 is 0 Å². The molecule has 8 heteroatoms. The third-order valence-corrected chi connectivity index (χ3v) is 7.66. The molecule has 0 saturated carbocycles. The van der Waals surface area contributed by atoms with Crippen molar-refractivity contribution in [3.63, 3.8) is 0 Å². The van der Waals surface area contributed by atoms with Crippen LogP contribution in [0.2, 0.25) is 0 Å². The molecule has 2 heterocycles. The van der Waals surface area contributed by atoms with Crippen LogP contribution in [0, 0.1) is 0 Å². The summed E-state index contributed by atoms with van der Waals surface area (Å²) < 4.78 is 17.1. The zero-order valence-corrected chi connectivity index (χ0v) is 24.6. The van der Waals surface area contributed by atoms with Crippen molar-refractivity contribution in [2.24, 2.45) is 0 Å². The molecule has 0 fully saturated rings. The third-order valence-electron chi connectivity index (χ3n) is 6.83. The number of fused-ring (bicyclic) bond motifs is 1. The molecule has 1 aromatic heterocycles. The minimum atomic E-state index is 0.0182. The van der Waals surface area contributed by atoms with Gasteiger partial charge in [-0.1, -0.05) is 62.4 Å². The Morgan fingerprint density at radius 2 is 1.56 bits per heavy atom. The summed E-state index contributed by atoms with van der Waals surface area (Å²) in [5.74, 6) is 2.41. The molecule has 1 amide bonds. The van der Waals surface area contributed by atoms with Crippen molar-refractivity contribution in [1.29, 1.82) is 0 Å². The molecule has 0 N–H and O–H groups in total. The number of ether oxygens (including phenoxy) is 3. The van der Waals surface area contributed by atoms with Gasteiger partial charge in [0, 0.05) is 31.6 Å². The van der Waals surface area contributed by atoms with Gasteiger partial charge in [-0.05, 0) is 53.8 Å². The molecule has 4 aromatic rings. The minimum absolute atomic E-state index is 0.0182. The summed E-state index contributed by atoms with van der Waals surface area (Å²) in [7, 11) is 0. The van der Waals surface area contributed by atoms with E-state index in [0.29, 0.717) is 31.9 Å². The molecule has 7 nitrogen and oxygen atoms in total. The first kappa shape index (κ1) is 28.6. The maximum absolute atomic E-state index is 13.1. The second-order valence-electron chi connectivity index (χ2n) is 10.2. The molecule has 0 spiro atoms. The van der Waals surface area contributed by atoms with Crippen molar-refractivity contribution in [3.05, 3.63) is 106 Å². The van der Waals surface area contributed by atoms with Crippen LogP contribution in [0.4, 0.5) is 0 Å². The fraction of sp³-hybridized carbons (Fsp3) is 0.333. The molecule has 0 saturated heterocycles. The number of amides is 1. The lowest BCUT2D eigenvalue weighted by molar-refractivity contribution is 0.0750. The summed E-state index contributed by atoms with van der Waals surface area (Å²) in [4.78, 5) is 22.1. The van der Waals surface area contributed by atoms with Crippen LogP contribution in [0.1, 0.15) is 58.9 Å². The Kier molecular flexibility index (Phi) is 9.88. The van der Waals surface area contributed by atoms with Gasteiger partial charge < -0.3 is 19.1 Å². The minimum Gasteiger partial charge on any atom is -0.489 e. The summed E-state index contributed by atoms with van der Waals surface area (Å²) in [6.07, 6.45) is 1.87. The van der Waals surface area contributed by atoms with E-state index in [1.165, 1.54) is 5.56 Å². The quantitative estimate of drug-likeness (QED) is 0.164. The van der Waals surface area contributed by atoms with Crippen molar-refractivity contribution in [2.45, 2.75) is 52.9 Å². The van der Waals surface area contributed by atoms with Gasteiger partial charge in [-0.3, -0.25) is 9.69 Å². The predicted octanol–water partition coefficient (Wildman–Crippen LogP) is 6.92. The van der Waals surface area contributed by atoms with E-state index in [-0.39, 0.29) is 12.7 Å². The Morgan fingerprint density at radius 3 is 2.32 bits per heavy atom. The monoisotopic (exact) mass is 571 g/mol. The van der Waals surface area contributed by atoms with Crippen LogP contribution in [0.15, 0.2) is 78.2 Å². The van der Waals surface area contributed by atoms with Gasteiger partial charge in [0.25, 0.3) is 5.91 Å². The molecule has 0 radical (unpaired) electrons. The van der Waals surface area contributed by atoms with E-state index in [2.05, 4.69) is 49.1 Å². The number of nitrogens with zero attached hydrogens (tertiary/aromatic N) is 3. The third kappa shape index (κ3) is 7.86. The van der Waals surface area contributed by atoms with Gasteiger partial charge in [-0.15, -0.1) is 11.3 Å². The van der Waals surface area contributed by atoms with E-state index in [4.69, 9.17) is 19.2 Å². The van der Waals surface area contributed by atoms with Crippen molar-refractivity contribution >= 4 is 17.2 Å². The second kappa shape index (κ2) is 14.1. The zero-order valence-electron chi connectivity index (χ0n) is 23.8. The van der Waals surface area contributed by atoms with Gasteiger partial charge >= 0.3 is 0 Å². The molecule has 41 heavy (non-hydrogen) atoms. The first-order valence-corrected chi connectivity index (χ1v) is 15.1. The Hall–Kier alpha value is -3.88. The number of hydrogen-bond donors (Lipinski definition) is 0. The van der Waals surface area contributed by atoms with Crippen LogP contribution in [0.3, 0.4) is 0 Å². The van der Waals surface area contributed by atoms with Crippen LogP contribution in [-0.4, -0.2) is 40.6 Å².